The Balaban J connectivity index is 1.52. The van der Waals surface area contributed by atoms with E-state index in [-0.39, 0.29) is 23.8 Å². The largest absolute Gasteiger partial charge is 0.379 e. The van der Waals surface area contributed by atoms with Gasteiger partial charge < -0.3 is 10.1 Å². The fourth-order valence-corrected chi connectivity index (χ4v) is 5.46. The number of nitrogens with one attached hydrogen (secondary N) is 1. The van der Waals surface area contributed by atoms with Crippen LogP contribution in [0.25, 0.3) is 0 Å². The van der Waals surface area contributed by atoms with Gasteiger partial charge in [-0.3, -0.25) is 9.69 Å². The van der Waals surface area contributed by atoms with Crippen LogP contribution in [0, 0.1) is 5.92 Å². The highest BCUT2D eigenvalue weighted by Crippen LogP contribution is 2.40. The molecule has 2 aliphatic rings. The van der Waals surface area contributed by atoms with Gasteiger partial charge in [0.25, 0.3) is 0 Å². The zero-order valence-corrected chi connectivity index (χ0v) is 19.9. The molecule has 1 aliphatic carbocycles. The summed E-state index contributed by atoms with van der Waals surface area (Å²) in [4.78, 5) is 16.1. The maximum absolute atomic E-state index is 13.5. The molecule has 1 heterocycles. The molecule has 2 aromatic rings. The molecule has 1 aliphatic heterocycles. The van der Waals surface area contributed by atoms with Crippen LogP contribution in [0.5, 0.6) is 0 Å². The number of carbonyl (C=O) groups is 1. The second kappa shape index (κ2) is 10.8. The smallest absolute Gasteiger partial charge is 0.224 e. The third kappa shape index (κ3) is 5.57. The van der Waals surface area contributed by atoms with E-state index < -0.39 is 0 Å². The molecule has 1 saturated heterocycles. The third-order valence-electron chi connectivity index (χ3n) is 6.95. The molecular formula is C26H33BrN2O2. The Hall–Kier alpha value is -1.69. The predicted molar refractivity (Wildman–Crippen MR) is 128 cm³/mol. The number of ether oxygens (including phenoxy) is 1. The lowest BCUT2D eigenvalue weighted by Crippen LogP contribution is -2.48. The second-order valence-electron chi connectivity index (χ2n) is 8.76. The number of amides is 1. The van der Waals surface area contributed by atoms with Gasteiger partial charge in [-0.2, -0.15) is 0 Å². The number of rotatable bonds is 6. The van der Waals surface area contributed by atoms with Crippen molar-refractivity contribution in [2.24, 2.45) is 5.92 Å². The molecule has 4 atom stereocenters. The maximum Gasteiger partial charge on any atom is 0.224 e. The molecule has 5 heteroatoms. The van der Waals surface area contributed by atoms with Crippen molar-refractivity contribution in [2.75, 3.05) is 26.3 Å². The normalized spacial score (nSPS) is 25.7. The van der Waals surface area contributed by atoms with E-state index in [2.05, 4.69) is 69.5 Å². The van der Waals surface area contributed by atoms with Crippen molar-refractivity contribution in [3.63, 3.8) is 0 Å². The van der Waals surface area contributed by atoms with Crippen molar-refractivity contribution in [2.45, 2.75) is 50.6 Å². The summed E-state index contributed by atoms with van der Waals surface area (Å²) >= 11 is 3.55. The summed E-state index contributed by atoms with van der Waals surface area (Å²) in [5.41, 5.74) is 2.45. The van der Waals surface area contributed by atoms with Crippen LogP contribution in [-0.2, 0) is 9.53 Å². The molecule has 31 heavy (non-hydrogen) atoms. The van der Waals surface area contributed by atoms with Gasteiger partial charge in [-0.05, 0) is 54.9 Å². The molecule has 4 nitrogen and oxygen atoms in total. The number of halogens is 1. The number of nitrogens with zero attached hydrogens (tertiary/aromatic N) is 1. The third-order valence-corrected chi connectivity index (χ3v) is 7.47. The van der Waals surface area contributed by atoms with Gasteiger partial charge in [0.2, 0.25) is 5.91 Å². The molecule has 166 valence electrons. The van der Waals surface area contributed by atoms with Gasteiger partial charge in [-0.25, -0.2) is 0 Å². The Morgan fingerprint density at radius 2 is 1.81 bits per heavy atom. The van der Waals surface area contributed by atoms with E-state index >= 15 is 0 Å². The van der Waals surface area contributed by atoms with Crippen molar-refractivity contribution >= 4 is 21.8 Å². The van der Waals surface area contributed by atoms with Crippen LogP contribution in [0.2, 0.25) is 0 Å². The summed E-state index contributed by atoms with van der Waals surface area (Å²) in [5, 5.41) is 3.38. The van der Waals surface area contributed by atoms with Crippen LogP contribution in [-0.4, -0.2) is 43.2 Å². The van der Waals surface area contributed by atoms with Crippen LogP contribution >= 0.6 is 15.9 Å². The average molecular weight is 485 g/mol. The average Bonchev–Trinajstić information content (AvgIpc) is 2.83. The summed E-state index contributed by atoms with van der Waals surface area (Å²) in [7, 11) is 0. The fraction of sp³-hybridized carbons (Fsp3) is 0.500. The molecule has 0 radical (unpaired) electrons. The Morgan fingerprint density at radius 1 is 1.10 bits per heavy atom. The Labute approximate surface area is 194 Å². The van der Waals surface area contributed by atoms with Crippen LogP contribution in [0.3, 0.4) is 0 Å². The molecule has 2 aromatic carbocycles. The molecule has 0 unspecified atom stereocenters. The Kier molecular flexibility index (Phi) is 7.81. The van der Waals surface area contributed by atoms with Crippen LogP contribution in [0.4, 0.5) is 0 Å². The van der Waals surface area contributed by atoms with E-state index in [0.29, 0.717) is 6.04 Å². The zero-order chi connectivity index (χ0) is 21.6. The molecule has 4 rings (SSSR count). The molecule has 2 fully saturated rings. The first kappa shape index (κ1) is 22.5. The topological polar surface area (TPSA) is 41.6 Å². The van der Waals surface area contributed by atoms with Crippen LogP contribution in [0.15, 0.2) is 59.1 Å². The minimum absolute atomic E-state index is 0.0104. The number of benzene rings is 2. The highest BCUT2D eigenvalue weighted by Gasteiger charge is 2.38. The lowest BCUT2D eigenvalue weighted by Gasteiger charge is -2.42. The monoisotopic (exact) mass is 484 g/mol. The quantitative estimate of drug-likeness (QED) is 0.604. The SMILES string of the molecule is CC[C@H](NC(=O)[C@@H]1CC[C@@H](N2CCOCC2)C[C@H]1c1ccc(Br)cc1)c1ccccc1. The summed E-state index contributed by atoms with van der Waals surface area (Å²) in [6, 6.07) is 19.5. The van der Waals surface area contributed by atoms with E-state index in [1.54, 1.807) is 0 Å². The zero-order valence-electron chi connectivity index (χ0n) is 18.3. The first-order valence-electron chi connectivity index (χ1n) is 11.6. The minimum Gasteiger partial charge on any atom is -0.379 e. The van der Waals surface area contributed by atoms with Gasteiger partial charge in [0.1, 0.15) is 0 Å². The summed E-state index contributed by atoms with van der Waals surface area (Å²) in [5.74, 6) is 0.447. The second-order valence-corrected chi connectivity index (χ2v) is 9.68. The summed E-state index contributed by atoms with van der Waals surface area (Å²) in [6.45, 7) is 5.78. The van der Waals surface area contributed by atoms with E-state index in [9.17, 15) is 4.79 Å². The fourth-order valence-electron chi connectivity index (χ4n) is 5.20. The lowest BCUT2D eigenvalue weighted by molar-refractivity contribution is -0.128. The molecular weight excluding hydrogens is 452 g/mol. The molecule has 1 saturated carbocycles. The standard InChI is InChI=1S/C26H33BrN2O2/c1-2-25(20-6-4-3-5-7-20)28-26(30)23-13-12-22(29-14-16-31-17-15-29)18-24(23)19-8-10-21(27)11-9-19/h3-11,22-25H,2,12-18H2,1H3,(H,28,30)/t22-,23-,24+,25+/m1/s1. The van der Waals surface area contributed by atoms with Crippen LogP contribution in [0.1, 0.15) is 55.7 Å². The first-order chi connectivity index (χ1) is 15.2. The van der Waals surface area contributed by atoms with Crippen LogP contribution < -0.4 is 5.32 Å². The number of morpholine rings is 1. The molecule has 0 spiro atoms. The minimum atomic E-state index is 0.0104. The van der Waals surface area contributed by atoms with Gasteiger partial charge in [-0.15, -0.1) is 0 Å². The highest BCUT2D eigenvalue weighted by atomic mass is 79.9. The van der Waals surface area contributed by atoms with E-state index in [4.69, 9.17) is 4.74 Å². The van der Waals surface area contributed by atoms with Gasteiger partial charge in [0.15, 0.2) is 0 Å². The summed E-state index contributed by atoms with van der Waals surface area (Å²) in [6.07, 6.45) is 3.93. The number of hydrogen-bond acceptors (Lipinski definition) is 3. The van der Waals surface area contributed by atoms with E-state index in [0.717, 1.165) is 56.5 Å². The van der Waals surface area contributed by atoms with Gasteiger partial charge in [-0.1, -0.05) is 65.3 Å². The Bertz CT molecular complexity index is 836. The number of hydrogen-bond donors (Lipinski definition) is 1. The summed E-state index contributed by atoms with van der Waals surface area (Å²) < 4.78 is 6.64. The molecule has 1 N–H and O–H groups in total. The maximum atomic E-state index is 13.5. The first-order valence-corrected chi connectivity index (χ1v) is 12.4. The van der Waals surface area contributed by atoms with Crippen molar-refractivity contribution in [1.82, 2.24) is 10.2 Å². The van der Waals surface area contributed by atoms with E-state index in [1.165, 1.54) is 11.1 Å². The Morgan fingerprint density at radius 3 is 2.48 bits per heavy atom. The van der Waals surface area contributed by atoms with E-state index in [1.807, 2.05) is 18.2 Å². The van der Waals surface area contributed by atoms with Crippen molar-refractivity contribution in [1.29, 1.82) is 0 Å². The highest BCUT2D eigenvalue weighted by molar-refractivity contribution is 9.10. The van der Waals surface area contributed by atoms with Gasteiger partial charge in [0.05, 0.1) is 19.3 Å². The molecule has 0 aromatic heterocycles. The predicted octanol–water partition coefficient (Wildman–Crippen LogP) is 5.30. The van der Waals surface area contributed by atoms with Gasteiger partial charge in [0, 0.05) is 29.5 Å². The molecule has 1 amide bonds. The van der Waals surface area contributed by atoms with Crippen molar-refractivity contribution in [3.8, 4) is 0 Å². The molecule has 0 bridgehead atoms. The van der Waals surface area contributed by atoms with Crippen molar-refractivity contribution in [3.05, 3.63) is 70.2 Å². The van der Waals surface area contributed by atoms with Gasteiger partial charge >= 0.3 is 0 Å². The lowest BCUT2D eigenvalue weighted by atomic mass is 9.72. The number of carbonyl (C=O) groups excluding carboxylic acids is 1. The van der Waals surface area contributed by atoms with Crippen molar-refractivity contribution < 1.29 is 9.53 Å².